The standard InChI is InChI=1S/C11H19NO3/c1-11(2,3)15-10(14)8-6-7(8)9(13)12(4)5/h7-8H,6H2,1-5H3. The van der Waals surface area contributed by atoms with E-state index in [4.69, 9.17) is 4.74 Å². The van der Waals surface area contributed by atoms with Crippen molar-refractivity contribution < 1.29 is 14.3 Å². The van der Waals surface area contributed by atoms with Crippen LogP contribution in [0.5, 0.6) is 0 Å². The van der Waals surface area contributed by atoms with Crippen molar-refractivity contribution in [3.05, 3.63) is 0 Å². The first-order chi connectivity index (χ1) is 6.72. The molecule has 1 saturated carbocycles. The van der Waals surface area contributed by atoms with Crippen LogP contribution in [0.15, 0.2) is 0 Å². The zero-order valence-electron chi connectivity index (χ0n) is 10.0. The van der Waals surface area contributed by atoms with Crippen LogP contribution < -0.4 is 0 Å². The van der Waals surface area contributed by atoms with Crippen LogP contribution in [-0.4, -0.2) is 36.5 Å². The number of nitrogens with zero attached hydrogens (tertiary/aromatic N) is 1. The summed E-state index contributed by atoms with van der Waals surface area (Å²) in [6.07, 6.45) is 0.631. The van der Waals surface area contributed by atoms with Crippen molar-refractivity contribution in [2.45, 2.75) is 32.8 Å². The lowest BCUT2D eigenvalue weighted by Gasteiger charge is -2.19. The third-order valence-electron chi connectivity index (χ3n) is 2.26. The predicted octanol–water partition coefficient (Wildman–Crippen LogP) is 1.05. The van der Waals surface area contributed by atoms with E-state index in [0.29, 0.717) is 6.42 Å². The molecule has 1 rings (SSSR count). The Labute approximate surface area is 90.6 Å². The number of esters is 1. The molecule has 0 spiro atoms. The summed E-state index contributed by atoms with van der Waals surface area (Å²) in [5.74, 6) is -0.609. The summed E-state index contributed by atoms with van der Waals surface area (Å²) in [6.45, 7) is 5.49. The lowest BCUT2D eigenvalue weighted by atomic mass is 10.2. The third-order valence-corrected chi connectivity index (χ3v) is 2.26. The Bertz CT molecular complexity index is 278. The number of rotatable bonds is 2. The fraction of sp³-hybridized carbons (Fsp3) is 0.818. The smallest absolute Gasteiger partial charge is 0.310 e. The minimum atomic E-state index is -0.467. The number of carbonyl (C=O) groups is 2. The van der Waals surface area contributed by atoms with Gasteiger partial charge in [-0.2, -0.15) is 0 Å². The van der Waals surface area contributed by atoms with Gasteiger partial charge in [-0.05, 0) is 27.2 Å². The molecule has 0 aromatic rings. The van der Waals surface area contributed by atoms with Gasteiger partial charge in [-0.3, -0.25) is 9.59 Å². The predicted molar refractivity (Wildman–Crippen MR) is 56.1 cm³/mol. The van der Waals surface area contributed by atoms with Gasteiger partial charge in [0.05, 0.1) is 11.8 Å². The van der Waals surface area contributed by atoms with Crippen molar-refractivity contribution in [3.8, 4) is 0 Å². The molecule has 0 heterocycles. The number of amides is 1. The van der Waals surface area contributed by atoms with Crippen LogP contribution >= 0.6 is 0 Å². The molecule has 0 bridgehead atoms. The molecule has 0 aromatic heterocycles. The number of hydrogen-bond donors (Lipinski definition) is 0. The highest BCUT2D eigenvalue weighted by molar-refractivity contribution is 5.90. The molecule has 86 valence electrons. The monoisotopic (exact) mass is 213 g/mol. The molecular weight excluding hydrogens is 194 g/mol. The maximum atomic E-state index is 11.6. The van der Waals surface area contributed by atoms with Gasteiger partial charge in [0, 0.05) is 14.1 Å². The second-order valence-corrected chi connectivity index (χ2v) is 5.21. The average molecular weight is 213 g/mol. The summed E-state index contributed by atoms with van der Waals surface area (Å²) in [5.41, 5.74) is -0.467. The van der Waals surface area contributed by atoms with Crippen molar-refractivity contribution in [1.29, 1.82) is 0 Å². The highest BCUT2D eigenvalue weighted by Gasteiger charge is 2.50. The highest BCUT2D eigenvalue weighted by Crippen LogP contribution is 2.41. The molecule has 1 aliphatic rings. The molecule has 0 radical (unpaired) electrons. The van der Waals surface area contributed by atoms with Crippen LogP contribution in [0.3, 0.4) is 0 Å². The fourth-order valence-corrected chi connectivity index (χ4v) is 1.44. The molecule has 1 aliphatic carbocycles. The van der Waals surface area contributed by atoms with E-state index in [2.05, 4.69) is 0 Å². The van der Waals surface area contributed by atoms with Crippen LogP contribution in [0, 0.1) is 11.8 Å². The molecule has 0 aromatic carbocycles. The molecule has 1 amide bonds. The molecular formula is C11H19NO3. The fourth-order valence-electron chi connectivity index (χ4n) is 1.44. The van der Waals surface area contributed by atoms with Gasteiger partial charge in [0.2, 0.25) is 5.91 Å². The third kappa shape index (κ3) is 3.22. The second-order valence-electron chi connectivity index (χ2n) is 5.21. The van der Waals surface area contributed by atoms with Crippen molar-refractivity contribution in [3.63, 3.8) is 0 Å². The van der Waals surface area contributed by atoms with Crippen LogP contribution in [0.2, 0.25) is 0 Å². The van der Waals surface area contributed by atoms with Crippen molar-refractivity contribution in [2.24, 2.45) is 11.8 Å². The summed E-state index contributed by atoms with van der Waals surface area (Å²) < 4.78 is 5.21. The first kappa shape index (κ1) is 12.0. The molecule has 4 heteroatoms. The Morgan fingerprint density at radius 3 is 2.13 bits per heavy atom. The van der Waals surface area contributed by atoms with Gasteiger partial charge in [-0.1, -0.05) is 0 Å². The van der Waals surface area contributed by atoms with Crippen molar-refractivity contribution >= 4 is 11.9 Å². The van der Waals surface area contributed by atoms with E-state index in [1.54, 1.807) is 14.1 Å². The summed E-state index contributed by atoms with van der Waals surface area (Å²) in [6, 6.07) is 0. The van der Waals surface area contributed by atoms with Gasteiger partial charge in [0.15, 0.2) is 0 Å². The molecule has 1 fully saturated rings. The van der Waals surface area contributed by atoms with E-state index >= 15 is 0 Å². The maximum absolute atomic E-state index is 11.6. The van der Waals surface area contributed by atoms with Crippen LogP contribution in [0.1, 0.15) is 27.2 Å². The molecule has 2 atom stereocenters. The number of carbonyl (C=O) groups excluding carboxylic acids is 2. The topological polar surface area (TPSA) is 46.6 Å². The zero-order chi connectivity index (χ0) is 11.8. The highest BCUT2D eigenvalue weighted by atomic mass is 16.6. The van der Waals surface area contributed by atoms with E-state index in [9.17, 15) is 9.59 Å². The molecule has 0 aliphatic heterocycles. The number of hydrogen-bond acceptors (Lipinski definition) is 3. The largest absolute Gasteiger partial charge is 0.460 e. The van der Waals surface area contributed by atoms with Gasteiger partial charge in [-0.25, -0.2) is 0 Å². The first-order valence-electron chi connectivity index (χ1n) is 5.16. The lowest BCUT2D eigenvalue weighted by Crippen LogP contribution is -2.28. The lowest BCUT2D eigenvalue weighted by molar-refractivity contribution is -0.157. The Kier molecular flexibility index (Phi) is 3.07. The zero-order valence-corrected chi connectivity index (χ0v) is 10.0. The molecule has 0 saturated heterocycles. The maximum Gasteiger partial charge on any atom is 0.310 e. The van der Waals surface area contributed by atoms with Crippen molar-refractivity contribution in [2.75, 3.05) is 14.1 Å². The summed E-state index contributed by atoms with van der Waals surface area (Å²) in [7, 11) is 3.40. The summed E-state index contributed by atoms with van der Waals surface area (Å²) >= 11 is 0. The van der Waals surface area contributed by atoms with Gasteiger partial charge in [0.25, 0.3) is 0 Å². The van der Waals surface area contributed by atoms with Crippen molar-refractivity contribution in [1.82, 2.24) is 4.90 Å². The quantitative estimate of drug-likeness (QED) is 0.644. The first-order valence-corrected chi connectivity index (χ1v) is 5.16. The van der Waals surface area contributed by atoms with E-state index in [1.165, 1.54) is 4.90 Å². The van der Waals surface area contributed by atoms with Gasteiger partial charge in [0.1, 0.15) is 5.60 Å². The van der Waals surface area contributed by atoms with Crippen LogP contribution in [-0.2, 0) is 14.3 Å². The molecule has 4 nitrogen and oxygen atoms in total. The second kappa shape index (κ2) is 3.83. The Balaban J connectivity index is 2.44. The van der Waals surface area contributed by atoms with Gasteiger partial charge < -0.3 is 9.64 Å². The minimum absolute atomic E-state index is 0.0193. The molecule has 15 heavy (non-hydrogen) atoms. The summed E-state index contributed by atoms with van der Waals surface area (Å²) in [4.78, 5) is 24.6. The van der Waals surface area contributed by atoms with E-state index in [-0.39, 0.29) is 23.7 Å². The Morgan fingerprint density at radius 2 is 1.73 bits per heavy atom. The van der Waals surface area contributed by atoms with Crippen LogP contribution in [0.4, 0.5) is 0 Å². The molecule has 0 N–H and O–H groups in total. The van der Waals surface area contributed by atoms with E-state index in [1.807, 2.05) is 20.8 Å². The number of ether oxygens (including phenoxy) is 1. The normalized spacial score (nSPS) is 24.6. The van der Waals surface area contributed by atoms with E-state index in [0.717, 1.165) is 0 Å². The Morgan fingerprint density at radius 1 is 1.20 bits per heavy atom. The SMILES string of the molecule is CN(C)C(=O)C1CC1C(=O)OC(C)(C)C. The van der Waals surface area contributed by atoms with Crippen LogP contribution in [0.25, 0.3) is 0 Å². The average Bonchev–Trinajstić information content (AvgIpc) is 2.77. The van der Waals surface area contributed by atoms with E-state index < -0.39 is 5.60 Å². The molecule has 2 unspecified atom stereocenters. The van der Waals surface area contributed by atoms with Gasteiger partial charge >= 0.3 is 5.97 Å². The minimum Gasteiger partial charge on any atom is -0.460 e. The van der Waals surface area contributed by atoms with Gasteiger partial charge in [-0.15, -0.1) is 0 Å². The Hall–Kier alpha value is -1.06. The summed E-state index contributed by atoms with van der Waals surface area (Å²) in [5, 5.41) is 0.